The summed E-state index contributed by atoms with van der Waals surface area (Å²) in [6.07, 6.45) is 2.49. The molecule has 0 amide bonds. The summed E-state index contributed by atoms with van der Waals surface area (Å²) >= 11 is 0. The largest absolute Gasteiger partial charge is 0.481 e. The van der Waals surface area contributed by atoms with Gasteiger partial charge in [0.2, 0.25) is 5.88 Å². The molecule has 0 aliphatic carbocycles. The monoisotopic (exact) mass is 224 g/mol. The summed E-state index contributed by atoms with van der Waals surface area (Å²) in [4.78, 5) is 8.03. The van der Waals surface area contributed by atoms with Crippen LogP contribution in [0.5, 0.6) is 5.88 Å². The van der Waals surface area contributed by atoms with Crippen LogP contribution in [0.4, 0.5) is 0 Å². The van der Waals surface area contributed by atoms with Crippen molar-refractivity contribution >= 4 is 0 Å². The fraction of sp³-hybridized carbons (Fsp3) is 0.636. The maximum absolute atomic E-state index is 9.98. The molecule has 1 aliphatic heterocycles. The highest BCUT2D eigenvalue weighted by molar-refractivity contribution is 5.14. The number of ether oxygens (including phenoxy) is 2. The fourth-order valence-corrected chi connectivity index (χ4v) is 1.84. The van der Waals surface area contributed by atoms with E-state index in [0.29, 0.717) is 18.9 Å². The third-order valence-corrected chi connectivity index (χ3v) is 2.84. The van der Waals surface area contributed by atoms with Crippen molar-refractivity contribution in [3.8, 4) is 5.88 Å². The lowest BCUT2D eigenvalue weighted by Gasteiger charge is -2.15. The topological polar surface area (TPSA) is 64.5 Å². The molecule has 16 heavy (non-hydrogen) atoms. The second-order valence-corrected chi connectivity index (χ2v) is 3.95. The van der Waals surface area contributed by atoms with E-state index in [2.05, 4.69) is 9.97 Å². The van der Waals surface area contributed by atoms with E-state index in [9.17, 15) is 5.11 Å². The van der Waals surface area contributed by atoms with Crippen LogP contribution in [-0.4, -0.2) is 41.5 Å². The molecule has 5 nitrogen and oxygen atoms in total. The lowest BCUT2D eigenvalue weighted by molar-refractivity contribution is 0.0910. The molecule has 0 spiro atoms. The van der Waals surface area contributed by atoms with Crippen LogP contribution in [-0.2, 0) is 11.2 Å². The molecule has 1 aromatic heterocycles. The first-order valence-electron chi connectivity index (χ1n) is 5.40. The third-order valence-electron chi connectivity index (χ3n) is 2.84. The Hall–Kier alpha value is -1.20. The third kappa shape index (κ3) is 2.68. The molecule has 0 aromatic carbocycles. The molecule has 2 unspecified atom stereocenters. The molecule has 2 heterocycles. The van der Waals surface area contributed by atoms with Gasteiger partial charge in [-0.1, -0.05) is 0 Å². The van der Waals surface area contributed by atoms with Crippen molar-refractivity contribution in [3.05, 3.63) is 18.1 Å². The number of nitrogens with zero attached hydrogens (tertiary/aromatic N) is 2. The predicted octanol–water partition coefficient (Wildman–Crippen LogP) is 0.425. The molecule has 0 radical (unpaired) electrons. The summed E-state index contributed by atoms with van der Waals surface area (Å²) in [5.41, 5.74) is 0.797. The molecule has 0 saturated carbocycles. The Morgan fingerprint density at radius 1 is 1.62 bits per heavy atom. The average molecular weight is 224 g/mol. The minimum atomic E-state index is -0.401. The van der Waals surface area contributed by atoms with Gasteiger partial charge in [-0.3, -0.25) is 0 Å². The molecular weight excluding hydrogens is 208 g/mol. The Morgan fingerprint density at radius 3 is 3.19 bits per heavy atom. The van der Waals surface area contributed by atoms with Gasteiger partial charge in [-0.15, -0.1) is 0 Å². The van der Waals surface area contributed by atoms with Crippen molar-refractivity contribution in [2.45, 2.75) is 18.9 Å². The van der Waals surface area contributed by atoms with E-state index in [1.165, 1.54) is 6.33 Å². The van der Waals surface area contributed by atoms with Gasteiger partial charge in [0.1, 0.15) is 6.33 Å². The number of aliphatic hydroxyl groups excluding tert-OH is 1. The van der Waals surface area contributed by atoms with Crippen LogP contribution in [0.15, 0.2) is 12.4 Å². The molecule has 2 atom stereocenters. The number of hydrogen-bond donors (Lipinski definition) is 1. The van der Waals surface area contributed by atoms with Crippen LogP contribution in [0.25, 0.3) is 0 Å². The Morgan fingerprint density at radius 2 is 2.50 bits per heavy atom. The van der Waals surface area contributed by atoms with Gasteiger partial charge in [0.15, 0.2) is 0 Å². The lowest BCUT2D eigenvalue weighted by Crippen LogP contribution is -2.23. The maximum Gasteiger partial charge on any atom is 0.216 e. The van der Waals surface area contributed by atoms with Crippen LogP contribution in [0.2, 0.25) is 0 Å². The van der Waals surface area contributed by atoms with Crippen LogP contribution in [0.3, 0.4) is 0 Å². The van der Waals surface area contributed by atoms with Gasteiger partial charge < -0.3 is 14.6 Å². The summed E-state index contributed by atoms with van der Waals surface area (Å²) < 4.78 is 10.2. The molecule has 1 aliphatic rings. The maximum atomic E-state index is 9.98. The predicted molar refractivity (Wildman–Crippen MR) is 57.2 cm³/mol. The minimum Gasteiger partial charge on any atom is -0.481 e. The summed E-state index contributed by atoms with van der Waals surface area (Å²) in [6, 6.07) is 1.75. The molecule has 5 heteroatoms. The molecule has 88 valence electrons. The van der Waals surface area contributed by atoms with Gasteiger partial charge in [0, 0.05) is 25.0 Å². The van der Waals surface area contributed by atoms with Gasteiger partial charge in [0.25, 0.3) is 0 Å². The van der Waals surface area contributed by atoms with Crippen LogP contribution in [0.1, 0.15) is 12.1 Å². The lowest BCUT2D eigenvalue weighted by atomic mass is 9.98. The van der Waals surface area contributed by atoms with Crippen LogP contribution < -0.4 is 4.74 Å². The smallest absolute Gasteiger partial charge is 0.216 e. The first-order chi connectivity index (χ1) is 7.79. The SMILES string of the molecule is COc1cc(CC(O)C2CCOC2)ncn1. The molecule has 1 saturated heterocycles. The van der Waals surface area contributed by atoms with Crippen LogP contribution >= 0.6 is 0 Å². The highest BCUT2D eigenvalue weighted by Gasteiger charge is 2.24. The Balaban J connectivity index is 1.96. The highest BCUT2D eigenvalue weighted by atomic mass is 16.5. The van der Waals surface area contributed by atoms with Gasteiger partial charge in [-0.05, 0) is 6.42 Å². The summed E-state index contributed by atoms with van der Waals surface area (Å²) in [5, 5.41) is 9.98. The average Bonchev–Trinajstić information content (AvgIpc) is 2.83. The van der Waals surface area contributed by atoms with Gasteiger partial charge >= 0.3 is 0 Å². The molecule has 1 aromatic rings. The second kappa shape index (κ2) is 5.23. The van der Waals surface area contributed by atoms with E-state index >= 15 is 0 Å². The number of aliphatic hydroxyl groups is 1. The number of hydrogen-bond acceptors (Lipinski definition) is 5. The molecule has 2 rings (SSSR count). The zero-order valence-corrected chi connectivity index (χ0v) is 9.30. The van der Waals surface area contributed by atoms with Gasteiger partial charge in [-0.25, -0.2) is 9.97 Å². The molecular formula is C11H16N2O3. The molecule has 1 fully saturated rings. The van der Waals surface area contributed by atoms with Gasteiger partial charge in [0.05, 0.1) is 25.5 Å². The van der Waals surface area contributed by atoms with Crippen LogP contribution in [0, 0.1) is 5.92 Å². The van der Waals surface area contributed by atoms with Crippen molar-refractivity contribution in [1.29, 1.82) is 0 Å². The van der Waals surface area contributed by atoms with E-state index in [0.717, 1.165) is 18.7 Å². The number of aromatic nitrogens is 2. The quantitative estimate of drug-likeness (QED) is 0.803. The van der Waals surface area contributed by atoms with E-state index < -0.39 is 6.10 Å². The highest BCUT2D eigenvalue weighted by Crippen LogP contribution is 2.19. The summed E-state index contributed by atoms with van der Waals surface area (Å²) in [6.45, 7) is 1.39. The van der Waals surface area contributed by atoms with Crippen molar-refractivity contribution in [1.82, 2.24) is 9.97 Å². The fourth-order valence-electron chi connectivity index (χ4n) is 1.84. The molecule has 0 bridgehead atoms. The van der Waals surface area contributed by atoms with Crippen molar-refractivity contribution in [3.63, 3.8) is 0 Å². The van der Waals surface area contributed by atoms with E-state index in [1.807, 2.05) is 0 Å². The second-order valence-electron chi connectivity index (χ2n) is 3.95. The van der Waals surface area contributed by atoms with E-state index in [1.54, 1.807) is 13.2 Å². The van der Waals surface area contributed by atoms with Crippen molar-refractivity contribution < 1.29 is 14.6 Å². The first kappa shape index (κ1) is 11.3. The Labute approximate surface area is 94.4 Å². The Kier molecular flexibility index (Phi) is 3.69. The zero-order valence-electron chi connectivity index (χ0n) is 9.30. The van der Waals surface area contributed by atoms with E-state index in [4.69, 9.17) is 9.47 Å². The zero-order chi connectivity index (χ0) is 11.4. The van der Waals surface area contributed by atoms with E-state index in [-0.39, 0.29) is 5.92 Å². The summed E-state index contributed by atoms with van der Waals surface area (Å²) in [5.74, 6) is 0.751. The Bertz CT molecular complexity index is 340. The molecule has 1 N–H and O–H groups in total. The minimum absolute atomic E-state index is 0.223. The number of rotatable bonds is 4. The summed E-state index contributed by atoms with van der Waals surface area (Å²) in [7, 11) is 1.56. The number of methoxy groups -OCH3 is 1. The van der Waals surface area contributed by atoms with Crippen molar-refractivity contribution in [2.24, 2.45) is 5.92 Å². The standard InChI is InChI=1S/C11H16N2O3/c1-15-11-5-9(12-7-13-11)4-10(14)8-2-3-16-6-8/h5,7-8,10,14H,2-4,6H2,1H3. The van der Waals surface area contributed by atoms with Gasteiger partial charge in [-0.2, -0.15) is 0 Å². The van der Waals surface area contributed by atoms with Crippen molar-refractivity contribution in [2.75, 3.05) is 20.3 Å². The normalized spacial score (nSPS) is 22.0. The first-order valence-corrected chi connectivity index (χ1v) is 5.40.